The van der Waals surface area contributed by atoms with Crippen LogP contribution in [0.1, 0.15) is 18.1 Å². The second kappa shape index (κ2) is 5.07. The summed E-state index contributed by atoms with van der Waals surface area (Å²) in [5, 5.41) is 0. The third kappa shape index (κ3) is 2.37. The molecule has 2 aromatic rings. The normalized spacial score (nSPS) is 22.6. The third-order valence-corrected chi connectivity index (χ3v) is 3.41. The number of hydrogen-bond donors (Lipinski definition) is 1. The van der Waals surface area contributed by atoms with Crippen LogP contribution in [0.5, 0.6) is 0 Å². The quantitative estimate of drug-likeness (QED) is 0.901. The van der Waals surface area contributed by atoms with Crippen molar-refractivity contribution in [2.45, 2.75) is 18.6 Å². The van der Waals surface area contributed by atoms with Gasteiger partial charge in [-0.3, -0.25) is 4.98 Å². The first-order chi connectivity index (χ1) is 9.25. The van der Waals surface area contributed by atoms with Gasteiger partial charge in [-0.15, -0.1) is 0 Å². The monoisotopic (exact) mass is 258 g/mol. The van der Waals surface area contributed by atoms with Gasteiger partial charge in [0.05, 0.1) is 6.10 Å². The van der Waals surface area contributed by atoms with Crippen molar-refractivity contribution in [1.29, 1.82) is 0 Å². The van der Waals surface area contributed by atoms with Gasteiger partial charge in [-0.25, -0.2) is 4.39 Å². The highest BCUT2D eigenvalue weighted by atomic mass is 19.1. The average molecular weight is 258 g/mol. The molecule has 0 radical (unpaired) electrons. The lowest BCUT2D eigenvalue weighted by Gasteiger charge is -2.15. The van der Waals surface area contributed by atoms with Gasteiger partial charge in [0.1, 0.15) is 5.82 Å². The van der Waals surface area contributed by atoms with Gasteiger partial charge in [0.25, 0.3) is 0 Å². The summed E-state index contributed by atoms with van der Waals surface area (Å²) in [5.41, 5.74) is 8.20. The Bertz CT molecular complexity index is 588. The van der Waals surface area contributed by atoms with Crippen LogP contribution >= 0.6 is 0 Å². The maximum Gasteiger partial charge on any atom is 0.131 e. The molecule has 0 bridgehead atoms. The van der Waals surface area contributed by atoms with Gasteiger partial charge in [-0.05, 0) is 18.6 Å². The lowest BCUT2D eigenvalue weighted by Crippen LogP contribution is -2.23. The zero-order chi connectivity index (χ0) is 13.2. The van der Waals surface area contributed by atoms with Crippen molar-refractivity contribution < 1.29 is 9.13 Å². The van der Waals surface area contributed by atoms with Gasteiger partial charge < -0.3 is 10.5 Å². The van der Waals surface area contributed by atoms with Crippen LogP contribution in [0, 0.1) is 5.82 Å². The van der Waals surface area contributed by atoms with E-state index in [9.17, 15) is 4.39 Å². The molecule has 3 nitrogen and oxygen atoms in total. The molecule has 3 rings (SSSR count). The van der Waals surface area contributed by atoms with Gasteiger partial charge in [0.15, 0.2) is 0 Å². The van der Waals surface area contributed by atoms with Crippen molar-refractivity contribution in [2.24, 2.45) is 5.73 Å². The van der Waals surface area contributed by atoms with Crippen molar-refractivity contribution in [3.63, 3.8) is 0 Å². The van der Waals surface area contributed by atoms with Crippen LogP contribution in [0.3, 0.4) is 0 Å². The topological polar surface area (TPSA) is 48.1 Å². The first-order valence-electron chi connectivity index (χ1n) is 6.33. The Morgan fingerprint density at radius 3 is 2.84 bits per heavy atom. The van der Waals surface area contributed by atoms with Crippen LogP contribution in [-0.4, -0.2) is 17.6 Å². The molecule has 2 unspecified atom stereocenters. The van der Waals surface area contributed by atoms with Crippen LogP contribution in [-0.2, 0) is 4.74 Å². The molecule has 1 saturated heterocycles. The van der Waals surface area contributed by atoms with Crippen LogP contribution in [0.15, 0.2) is 42.7 Å². The molecular formula is C15H15FN2O. The Labute approximate surface area is 111 Å². The minimum atomic E-state index is -0.252. The fraction of sp³-hybridized carbons (Fsp3) is 0.267. The van der Waals surface area contributed by atoms with Gasteiger partial charge in [0, 0.05) is 41.7 Å². The molecule has 2 N–H and O–H groups in total. The lowest BCUT2D eigenvalue weighted by atomic mass is 10.0. The van der Waals surface area contributed by atoms with Crippen LogP contribution in [0.2, 0.25) is 0 Å². The molecule has 2 heterocycles. The fourth-order valence-electron chi connectivity index (χ4n) is 2.41. The van der Waals surface area contributed by atoms with E-state index in [1.54, 1.807) is 24.5 Å². The van der Waals surface area contributed by atoms with Crippen molar-refractivity contribution in [1.82, 2.24) is 4.98 Å². The van der Waals surface area contributed by atoms with E-state index in [1.807, 2.05) is 12.1 Å². The first-order valence-corrected chi connectivity index (χ1v) is 6.33. The molecule has 2 atom stereocenters. The second-order valence-corrected chi connectivity index (χ2v) is 4.73. The van der Waals surface area contributed by atoms with Crippen LogP contribution in [0.25, 0.3) is 11.1 Å². The molecule has 4 heteroatoms. The van der Waals surface area contributed by atoms with Gasteiger partial charge in [-0.1, -0.05) is 18.2 Å². The molecule has 1 fully saturated rings. The number of rotatable bonds is 2. The summed E-state index contributed by atoms with van der Waals surface area (Å²) in [6.07, 6.45) is 4.09. The van der Waals surface area contributed by atoms with E-state index in [2.05, 4.69) is 4.98 Å². The van der Waals surface area contributed by atoms with Crippen LogP contribution < -0.4 is 5.73 Å². The van der Waals surface area contributed by atoms with E-state index in [4.69, 9.17) is 10.5 Å². The Morgan fingerprint density at radius 1 is 1.26 bits per heavy atom. The highest BCUT2D eigenvalue weighted by Crippen LogP contribution is 2.30. The minimum absolute atomic E-state index is 0.0160. The van der Waals surface area contributed by atoms with Crippen molar-refractivity contribution >= 4 is 0 Å². The van der Waals surface area contributed by atoms with Gasteiger partial charge >= 0.3 is 0 Å². The smallest absolute Gasteiger partial charge is 0.131 e. The SMILES string of the molecule is NC1CCOC1c1cncc(-c2ccccc2F)c1. The highest BCUT2D eigenvalue weighted by Gasteiger charge is 2.26. The number of halogens is 1. The fourth-order valence-corrected chi connectivity index (χ4v) is 2.41. The predicted octanol–water partition coefficient (Wildman–Crippen LogP) is 2.68. The molecule has 0 spiro atoms. The van der Waals surface area contributed by atoms with E-state index in [0.717, 1.165) is 17.5 Å². The predicted molar refractivity (Wildman–Crippen MR) is 70.9 cm³/mol. The number of benzene rings is 1. The van der Waals surface area contributed by atoms with Crippen molar-refractivity contribution in [3.8, 4) is 11.1 Å². The molecule has 1 aliphatic rings. The maximum atomic E-state index is 13.8. The molecule has 98 valence electrons. The summed E-state index contributed by atoms with van der Waals surface area (Å²) >= 11 is 0. The average Bonchev–Trinajstić information content (AvgIpc) is 2.86. The summed E-state index contributed by atoms with van der Waals surface area (Å²) < 4.78 is 19.4. The molecular weight excluding hydrogens is 243 g/mol. The van der Waals surface area contributed by atoms with Crippen molar-refractivity contribution in [2.75, 3.05) is 6.61 Å². The van der Waals surface area contributed by atoms with E-state index in [-0.39, 0.29) is 18.0 Å². The Hall–Kier alpha value is -1.78. The van der Waals surface area contributed by atoms with E-state index >= 15 is 0 Å². The standard InChI is InChI=1S/C15H15FN2O/c16-13-4-2-1-3-12(13)10-7-11(9-18-8-10)15-14(17)5-6-19-15/h1-4,7-9,14-15H,5-6,17H2. The lowest BCUT2D eigenvalue weighted by molar-refractivity contribution is 0.105. The first kappa shape index (κ1) is 12.3. The number of hydrogen-bond acceptors (Lipinski definition) is 3. The zero-order valence-corrected chi connectivity index (χ0v) is 10.4. The Balaban J connectivity index is 1.98. The summed E-state index contributed by atoms with van der Waals surface area (Å²) in [5.74, 6) is -0.252. The van der Waals surface area contributed by atoms with Crippen molar-refractivity contribution in [3.05, 3.63) is 54.1 Å². The number of ether oxygens (including phenoxy) is 1. The minimum Gasteiger partial charge on any atom is -0.372 e. The number of nitrogens with two attached hydrogens (primary N) is 1. The second-order valence-electron chi connectivity index (χ2n) is 4.73. The molecule has 0 saturated carbocycles. The maximum absolute atomic E-state index is 13.8. The highest BCUT2D eigenvalue weighted by molar-refractivity contribution is 5.63. The molecule has 19 heavy (non-hydrogen) atoms. The van der Waals surface area contributed by atoms with E-state index in [0.29, 0.717) is 12.2 Å². The Morgan fingerprint density at radius 2 is 2.11 bits per heavy atom. The largest absolute Gasteiger partial charge is 0.372 e. The number of pyridine rings is 1. The molecule has 1 aromatic carbocycles. The summed E-state index contributed by atoms with van der Waals surface area (Å²) in [6, 6.07) is 8.56. The van der Waals surface area contributed by atoms with Crippen LogP contribution in [0.4, 0.5) is 4.39 Å². The number of aromatic nitrogens is 1. The molecule has 1 aromatic heterocycles. The molecule has 0 amide bonds. The van der Waals surface area contributed by atoms with Gasteiger partial charge in [0.2, 0.25) is 0 Å². The summed E-state index contributed by atoms with van der Waals surface area (Å²) in [4.78, 5) is 4.18. The zero-order valence-electron chi connectivity index (χ0n) is 10.4. The Kier molecular flexibility index (Phi) is 3.27. The van der Waals surface area contributed by atoms with E-state index < -0.39 is 0 Å². The number of nitrogens with zero attached hydrogens (tertiary/aromatic N) is 1. The third-order valence-electron chi connectivity index (χ3n) is 3.41. The van der Waals surface area contributed by atoms with E-state index in [1.165, 1.54) is 6.07 Å². The molecule has 1 aliphatic heterocycles. The van der Waals surface area contributed by atoms with Gasteiger partial charge in [-0.2, -0.15) is 0 Å². The summed E-state index contributed by atoms with van der Waals surface area (Å²) in [6.45, 7) is 0.662. The summed E-state index contributed by atoms with van der Waals surface area (Å²) in [7, 11) is 0. The molecule has 0 aliphatic carbocycles.